The molecule has 0 unspecified atom stereocenters. The Bertz CT molecular complexity index is 714. The van der Waals surface area contributed by atoms with Gasteiger partial charge in [0.15, 0.2) is 0 Å². The summed E-state index contributed by atoms with van der Waals surface area (Å²) in [6, 6.07) is 15.2. The summed E-state index contributed by atoms with van der Waals surface area (Å²) < 4.78 is 4.56. The lowest BCUT2D eigenvalue weighted by Gasteiger charge is -2.09. The van der Waals surface area contributed by atoms with Crippen LogP contribution in [0.25, 0.3) is 0 Å². The molecule has 0 atom stereocenters. The van der Waals surface area contributed by atoms with Crippen LogP contribution in [-0.4, -0.2) is 32.1 Å². The molecule has 132 valence electrons. The number of aryl methyl sites for hydroxylation is 1. The number of anilines is 2. The topological polar surface area (TPSA) is 93.4 Å². The van der Waals surface area contributed by atoms with Crippen LogP contribution in [0.1, 0.15) is 22.3 Å². The molecular weight excluding hydrogens is 318 g/mol. The molecule has 0 aliphatic rings. The van der Waals surface area contributed by atoms with Crippen molar-refractivity contribution in [1.29, 1.82) is 0 Å². The van der Waals surface area contributed by atoms with Crippen molar-refractivity contribution in [3.8, 4) is 0 Å². The second kappa shape index (κ2) is 9.44. The molecule has 0 aromatic heterocycles. The monoisotopic (exact) mass is 341 g/mol. The molecule has 6 heteroatoms. The number of benzene rings is 2. The maximum Gasteiger partial charge on any atom is 0.319 e. The van der Waals surface area contributed by atoms with Crippen molar-refractivity contribution in [2.24, 2.45) is 5.73 Å². The highest BCUT2D eigenvalue weighted by molar-refractivity contribution is 5.93. The molecular formula is C19H23N3O3. The summed E-state index contributed by atoms with van der Waals surface area (Å²) in [4.78, 5) is 22.2. The molecule has 4 N–H and O–H groups in total. The largest absolute Gasteiger partial charge is 0.468 e. The van der Waals surface area contributed by atoms with Crippen LogP contribution in [0.5, 0.6) is 0 Å². The van der Waals surface area contributed by atoms with Gasteiger partial charge in [0.05, 0.1) is 13.7 Å². The Morgan fingerprint density at radius 2 is 1.84 bits per heavy atom. The van der Waals surface area contributed by atoms with Crippen LogP contribution < -0.4 is 16.4 Å². The third kappa shape index (κ3) is 6.27. The fraction of sp³-hybridized carbons (Fsp3) is 0.263. The molecule has 2 aromatic carbocycles. The summed E-state index contributed by atoms with van der Waals surface area (Å²) in [5, 5.41) is 6.29. The molecule has 0 saturated heterocycles. The molecule has 6 nitrogen and oxygen atoms in total. The number of ether oxygens (including phenoxy) is 1. The Balaban J connectivity index is 1.80. The third-order valence-electron chi connectivity index (χ3n) is 3.71. The van der Waals surface area contributed by atoms with Crippen LogP contribution in [0.2, 0.25) is 0 Å². The smallest absolute Gasteiger partial charge is 0.319 e. The number of nitrogens with two attached hydrogens (primary N) is 1. The van der Waals surface area contributed by atoms with Gasteiger partial charge in [-0.2, -0.15) is 0 Å². The maximum absolute atomic E-state index is 11.2. The third-order valence-corrected chi connectivity index (χ3v) is 3.71. The summed E-state index contributed by atoms with van der Waals surface area (Å²) in [6.07, 6.45) is 1.86. The van der Waals surface area contributed by atoms with Gasteiger partial charge < -0.3 is 21.1 Å². The SMILES string of the molecule is COC(=O)CNCCCc1ccc(Nc2cccc(C(N)=O)c2)cc1. The summed E-state index contributed by atoms with van der Waals surface area (Å²) in [6.45, 7) is 0.999. The van der Waals surface area contributed by atoms with Gasteiger partial charge >= 0.3 is 5.97 Å². The van der Waals surface area contributed by atoms with Crippen molar-refractivity contribution in [1.82, 2.24) is 5.32 Å². The lowest BCUT2D eigenvalue weighted by molar-refractivity contribution is -0.139. The van der Waals surface area contributed by atoms with E-state index in [1.165, 1.54) is 12.7 Å². The second-order valence-corrected chi connectivity index (χ2v) is 5.62. The summed E-state index contributed by atoms with van der Waals surface area (Å²) >= 11 is 0. The van der Waals surface area contributed by atoms with Gasteiger partial charge in [0.2, 0.25) is 5.91 Å². The molecule has 0 radical (unpaired) electrons. The Morgan fingerprint density at radius 3 is 2.52 bits per heavy atom. The highest BCUT2D eigenvalue weighted by Gasteiger charge is 2.02. The Labute approximate surface area is 147 Å². The van der Waals surface area contributed by atoms with Gasteiger partial charge in [0, 0.05) is 16.9 Å². The van der Waals surface area contributed by atoms with E-state index in [1.54, 1.807) is 18.2 Å². The number of esters is 1. The van der Waals surface area contributed by atoms with Crippen LogP contribution in [-0.2, 0) is 16.0 Å². The van der Waals surface area contributed by atoms with Gasteiger partial charge in [0.25, 0.3) is 0 Å². The summed E-state index contributed by atoms with van der Waals surface area (Å²) in [7, 11) is 1.38. The van der Waals surface area contributed by atoms with Crippen molar-refractivity contribution in [3.05, 3.63) is 59.7 Å². The fourth-order valence-electron chi connectivity index (χ4n) is 2.35. The molecule has 0 heterocycles. The van der Waals surface area contributed by atoms with Crippen molar-refractivity contribution in [2.45, 2.75) is 12.8 Å². The summed E-state index contributed by atoms with van der Waals surface area (Å²) in [5.74, 6) is -0.698. The minimum Gasteiger partial charge on any atom is -0.468 e. The molecule has 25 heavy (non-hydrogen) atoms. The first kappa shape index (κ1) is 18.5. The molecule has 1 amide bonds. The highest BCUT2D eigenvalue weighted by atomic mass is 16.5. The van der Waals surface area contributed by atoms with E-state index in [4.69, 9.17) is 5.73 Å². The van der Waals surface area contributed by atoms with E-state index < -0.39 is 5.91 Å². The fourth-order valence-corrected chi connectivity index (χ4v) is 2.35. The predicted octanol–water partition coefficient (Wildman–Crippen LogP) is 2.22. The first-order chi connectivity index (χ1) is 12.1. The number of rotatable bonds is 9. The summed E-state index contributed by atoms with van der Waals surface area (Å²) in [5.41, 5.74) is 8.74. The van der Waals surface area contributed by atoms with Crippen LogP contribution in [0.15, 0.2) is 48.5 Å². The van der Waals surface area contributed by atoms with Crippen molar-refractivity contribution < 1.29 is 14.3 Å². The minimum absolute atomic E-state index is 0.240. The predicted molar refractivity (Wildman–Crippen MR) is 97.9 cm³/mol. The van der Waals surface area contributed by atoms with Crippen LogP contribution in [0.4, 0.5) is 11.4 Å². The maximum atomic E-state index is 11.2. The zero-order valence-electron chi connectivity index (χ0n) is 14.2. The van der Waals surface area contributed by atoms with E-state index in [1.807, 2.05) is 18.2 Å². The second-order valence-electron chi connectivity index (χ2n) is 5.62. The Morgan fingerprint density at radius 1 is 1.08 bits per heavy atom. The van der Waals surface area contributed by atoms with Crippen LogP contribution in [0.3, 0.4) is 0 Å². The molecule has 0 fully saturated rings. The first-order valence-electron chi connectivity index (χ1n) is 8.12. The zero-order chi connectivity index (χ0) is 18.1. The van der Waals surface area contributed by atoms with E-state index in [0.29, 0.717) is 5.56 Å². The number of amides is 1. The Kier molecular flexibility index (Phi) is 6.98. The molecule has 0 aliphatic carbocycles. The lowest BCUT2D eigenvalue weighted by Crippen LogP contribution is -2.25. The number of hydrogen-bond donors (Lipinski definition) is 3. The number of nitrogens with one attached hydrogen (secondary N) is 2. The van der Waals surface area contributed by atoms with Crippen LogP contribution >= 0.6 is 0 Å². The van der Waals surface area contributed by atoms with Crippen LogP contribution in [0, 0.1) is 0 Å². The van der Waals surface area contributed by atoms with E-state index in [-0.39, 0.29) is 12.5 Å². The molecule has 2 aromatic rings. The molecule has 2 rings (SSSR count). The average Bonchev–Trinajstić information content (AvgIpc) is 2.62. The van der Waals surface area contributed by atoms with Gasteiger partial charge in [-0.3, -0.25) is 9.59 Å². The van der Waals surface area contributed by atoms with Gasteiger partial charge in [0.1, 0.15) is 0 Å². The quantitative estimate of drug-likeness (QED) is 0.480. The van der Waals surface area contributed by atoms with Gasteiger partial charge in [-0.05, 0) is 55.3 Å². The van der Waals surface area contributed by atoms with Gasteiger partial charge in [-0.15, -0.1) is 0 Å². The number of primary amides is 1. The van der Waals surface area contributed by atoms with Gasteiger partial charge in [-0.25, -0.2) is 0 Å². The number of hydrogen-bond acceptors (Lipinski definition) is 5. The van der Waals surface area contributed by atoms with Crippen molar-refractivity contribution in [3.63, 3.8) is 0 Å². The highest BCUT2D eigenvalue weighted by Crippen LogP contribution is 2.18. The lowest BCUT2D eigenvalue weighted by atomic mass is 10.1. The van der Waals surface area contributed by atoms with E-state index >= 15 is 0 Å². The van der Waals surface area contributed by atoms with Crippen molar-refractivity contribution >= 4 is 23.3 Å². The van der Waals surface area contributed by atoms with E-state index in [0.717, 1.165) is 30.8 Å². The normalized spacial score (nSPS) is 10.3. The minimum atomic E-state index is -0.445. The van der Waals surface area contributed by atoms with Gasteiger partial charge in [-0.1, -0.05) is 18.2 Å². The number of carbonyl (C=O) groups excluding carboxylic acids is 2. The molecule has 0 aliphatic heterocycles. The van der Waals surface area contributed by atoms with E-state index in [9.17, 15) is 9.59 Å². The number of methoxy groups -OCH3 is 1. The van der Waals surface area contributed by atoms with Crippen molar-refractivity contribution in [2.75, 3.05) is 25.5 Å². The standard InChI is InChI=1S/C19H23N3O3/c1-25-18(23)13-21-11-3-4-14-7-9-16(10-8-14)22-17-6-2-5-15(12-17)19(20)24/h2,5-10,12,21-22H,3-4,11,13H2,1H3,(H2,20,24). The molecule has 0 bridgehead atoms. The first-order valence-corrected chi connectivity index (χ1v) is 8.12. The molecule has 0 spiro atoms. The zero-order valence-corrected chi connectivity index (χ0v) is 14.2. The molecule has 0 saturated carbocycles. The average molecular weight is 341 g/mol. The Hall–Kier alpha value is -2.86. The number of carbonyl (C=O) groups is 2. The van der Waals surface area contributed by atoms with E-state index in [2.05, 4.69) is 27.5 Å².